The molecule has 1 rings (SSSR count). The van der Waals surface area contributed by atoms with Gasteiger partial charge in [0.15, 0.2) is 0 Å². The number of hydrogen-bond donors (Lipinski definition) is 1. The SMILES string of the molecule is Cc1nc(Br)c(N)c(C)c1Br. The minimum atomic E-state index is 0.697. The molecule has 0 aromatic carbocycles. The van der Waals surface area contributed by atoms with Crippen LogP contribution < -0.4 is 5.73 Å². The Kier molecular flexibility index (Phi) is 2.54. The highest BCUT2D eigenvalue weighted by atomic mass is 79.9. The summed E-state index contributed by atoms with van der Waals surface area (Å²) in [6, 6.07) is 0. The van der Waals surface area contributed by atoms with Gasteiger partial charge in [0.2, 0.25) is 0 Å². The molecule has 60 valence electrons. The average Bonchev–Trinajstić information content (AvgIpc) is 1.97. The number of rotatable bonds is 0. The van der Waals surface area contributed by atoms with E-state index in [2.05, 4.69) is 36.8 Å². The second-order valence-corrected chi connectivity index (χ2v) is 3.88. The predicted octanol–water partition coefficient (Wildman–Crippen LogP) is 2.81. The number of nitrogens with two attached hydrogens (primary N) is 1. The second-order valence-electron chi connectivity index (χ2n) is 2.34. The van der Waals surface area contributed by atoms with Gasteiger partial charge in [-0.05, 0) is 51.3 Å². The fourth-order valence-electron chi connectivity index (χ4n) is 0.801. The van der Waals surface area contributed by atoms with Crippen LogP contribution in [0.3, 0.4) is 0 Å². The van der Waals surface area contributed by atoms with Gasteiger partial charge in [0.25, 0.3) is 0 Å². The molecule has 0 aliphatic carbocycles. The Morgan fingerprint density at radius 3 is 2.36 bits per heavy atom. The first-order chi connectivity index (χ1) is 5.04. The van der Waals surface area contributed by atoms with E-state index in [1.54, 1.807) is 0 Å². The lowest BCUT2D eigenvalue weighted by Crippen LogP contribution is -1.97. The first-order valence-electron chi connectivity index (χ1n) is 3.11. The molecular formula is C7H8Br2N2. The number of anilines is 1. The third kappa shape index (κ3) is 1.56. The standard InChI is InChI=1S/C7H8Br2N2/c1-3-5(8)4(2)11-7(9)6(3)10/h10H2,1-2H3. The number of halogens is 2. The van der Waals surface area contributed by atoms with Crippen molar-refractivity contribution in [1.29, 1.82) is 0 Å². The molecule has 0 radical (unpaired) electrons. The van der Waals surface area contributed by atoms with Crippen LogP contribution in [0.2, 0.25) is 0 Å². The molecule has 0 bridgehead atoms. The largest absolute Gasteiger partial charge is 0.396 e. The van der Waals surface area contributed by atoms with Crippen molar-refractivity contribution in [2.45, 2.75) is 13.8 Å². The lowest BCUT2D eigenvalue weighted by Gasteiger charge is -2.06. The van der Waals surface area contributed by atoms with Crippen molar-refractivity contribution in [3.05, 3.63) is 20.3 Å². The van der Waals surface area contributed by atoms with Crippen LogP contribution in [0.1, 0.15) is 11.3 Å². The van der Waals surface area contributed by atoms with Gasteiger partial charge in [-0.3, -0.25) is 0 Å². The van der Waals surface area contributed by atoms with Crippen molar-refractivity contribution in [1.82, 2.24) is 4.98 Å². The van der Waals surface area contributed by atoms with E-state index in [-0.39, 0.29) is 0 Å². The van der Waals surface area contributed by atoms with E-state index < -0.39 is 0 Å². The summed E-state index contributed by atoms with van der Waals surface area (Å²) in [5.74, 6) is 0. The lowest BCUT2D eigenvalue weighted by atomic mass is 10.2. The Bertz CT molecular complexity index is 271. The number of aryl methyl sites for hydroxylation is 1. The van der Waals surface area contributed by atoms with Crippen molar-refractivity contribution >= 4 is 37.5 Å². The molecule has 2 N–H and O–H groups in total. The molecule has 2 nitrogen and oxygen atoms in total. The van der Waals surface area contributed by atoms with Gasteiger partial charge in [-0.25, -0.2) is 4.98 Å². The van der Waals surface area contributed by atoms with Gasteiger partial charge in [0, 0.05) is 4.47 Å². The topological polar surface area (TPSA) is 38.9 Å². The maximum absolute atomic E-state index is 5.71. The molecule has 0 atom stereocenters. The summed E-state index contributed by atoms with van der Waals surface area (Å²) in [5.41, 5.74) is 8.39. The molecule has 0 unspecified atom stereocenters. The molecule has 0 fully saturated rings. The molecule has 11 heavy (non-hydrogen) atoms. The Balaban J connectivity index is 3.46. The minimum absolute atomic E-state index is 0.697. The van der Waals surface area contributed by atoms with Crippen LogP contribution >= 0.6 is 31.9 Å². The summed E-state index contributed by atoms with van der Waals surface area (Å²) in [7, 11) is 0. The fraction of sp³-hybridized carbons (Fsp3) is 0.286. The zero-order chi connectivity index (χ0) is 8.59. The van der Waals surface area contributed by atoms with Gasteiger partial charge in [-0.15, -0.1) is 0 Å². The van der Waals surface area contributed by atoms with Gasteiger partial charge >= 0.3 is 0 Å². The van der Waals surface area contributed by atoms with Crippen molar-refractivity contribution in [2.24, 2.45) is 0 Å². The van der Waals surface area contributed by atoms with Crippen molar-refractivity contribution < 1.29 is 0 Å². The van der Waals surface area contributed by atoms with Crippen LogP contribution in [0.4, 0.5) is 5.69 Å². The summed E-state index contributed by atoms with van der Waals surface area (Å²) >= 11 is 6.67. The zero-order valence-electron chi connectivity index (χ0n) is 6.28. The number of aromatic nitrogens is 1. The predicted molar refractivity (Wildman–Crippen MR) is 53.5 cm³/mol. The van der Waals surface area contributed by atoms with Gasteiger partial charge < -0.3 is 5.73 Å². The summed E-state index contributed by atoms with van der Waals surface area (Å²) in [4.78, 5) is 4.18. The normalized spacial score (nSPS) is 10.2. The molecule has 1 aromatic heterocycles. The van der Waals surface area contributed by atoms with Gasteiger partial charge in [0.1, 0.15) is 4.60 Å². The molecule has 1 heterocycles. The first-order valence-corrected chi connectivity index (χ1v) is 4.70. The highest BCUT2D eigenvalue weighted by Crippen LogP contribution is 2.29. The summed E-state index contributed by atoms with van der Waals surface area (Å²) in [5, 5.41) is 0. The van der Waals surface area contributed by atoms with E-state index in [0.717, 1.165) is 20.3 Å². The van der Waals surface area contributed by atoms with Gasteiger partial charge in [-0.1, -0.05) is 0 Å². The van der Waals surface area contributed by atoms with Crippen LogP contribution in [0, 0.1) is 13.8 Å². The number of pyridine rings is 1. The molecule has 0 spiro atoms. The van der Waals surface area contributed by atoms with E-state index in [1.807, 2.05) is 13.8 Å². The Morgan fingerprint density at radius 2 is 1.82 bits per heavy atom. The fourth-order valence-corrected chi connectivity index (χ4v) is 1.67. The van der Waals surface area contributed by atoms with E-state index in [1.165, 1.54) is 0 Å². The molecule has 0 saturated heterocycles. The number of nitrogens with zero attached hydrogens (tertiary/aromatic N) is 1. The highest BCUT2D eigenvalue weighted by Gasteiger charge is 2.07. The number of hydrogen-bond acceptors (Lipinski definition) is 2. The van der Waals surface area contributed by atoms with Crippen molar-refractivity contribution in [2.75, 3.05) is 5.73 Å². The Labute approximate surface area is 82.5 Å². The first kappa shape index (κ1) is 9.00. The molecule has 4 heteroatoms. The second kappa shape index (κ2) is 3.11. The van der Waals surface area contributed by atoms with E-state index in [4.69, 9.17) is 5.73 Å². The summed E-state index contributed by atoms with van der Waals surface area (Å²) in [6.07, 6.45) is 0. The maximum atomic E-state index is 5.71. The summed E-state index contributed by atoms with van der Waals surface area (Å²) < 4.78 is 1.70. The molecule has 0 aliphatic rings. The average molecular weight is 280 g/mol. The summed E-state index contributed by atoms with van der Waals surface area (Å²) in [6.45, 7) is 3.89. The van der Waals surface area contributed by atoms with E-state index in [0.29, 0.717) is 5.69 Å². The molecular weight excluding hydrogens is 272 g/mol. The van der Waals surface area contributed by atoms with E-state index >= 15 is 0 Å². The maximum Gasteiger partial charge on any atom is 0.129 e. The third-order valence-corrected chi connectivity index (χ3v) is 3.31. The van der Waals surface area contributed by atoms with Crippen molar-refractivity contribution in [3.8, 4) is 0 Å². The van der Waals surface area contributed by atoms with Crippen LogP contribution in [0.25, 0.3) is 0 Å². The van der Waals surface area contributed by atoms with Crippen LogP contribution in [-0.2, 0) is 0 Å². The number of nitrogen functional groups attached to an aromatic ring is 1. The Morgan fingerprint density at radius 1 is 1.27 bits per heavy atom. The van der Waals surface area contributed by atoms with Crippen LogP contribution in [0.5, 0.6) is 0 Å². The molecule has 0 amide bonds. The van der Waals surface area contributed by atoms with Crippen molar-refractivity contribution in [3.63, 3.8) is 0 Å². The Hall–Kier alpha value is -0.0900. The van der Waals surface area contributed by atoms with Gasteiger partial charge in [0.05, 0.1) is 11.4 Å². The zero-order valence-corrected chi connectivity index (χ0v) is 9.45. The van der Waals surface area contributed by atoms with Gasteiger partial charge in [-0.2, -0.15) is 0 Å². The highest BCUT2D eigenvalue weighted by molar-refractivity contribution is 9.11. The van der Waals surface area contributed by atoms with Crippen LogP contribution in [0.15, 0.2) is 9.08 Å². The lowest BCUT2D eigenvalue weighted by molar-refractivity contribution is 1.13. The van der Waals surface area contributed by atoms with Crippen LogP contribution in [-0.4, -0.2) is 4.98 Å². The quantitative estimate of drug-likeness (QED) is 0.742. The third-order valence-electron chi connectivity index (χ3n) is 1.54. The molecule has 0 saturated carbocycles. The monoisotopic (exact) mass is 278 g/mol. The molecule has 1 aromatic rings. The molecule has 0 aliphatic heterocycles. The smallest absolute Gasteiger partial charge is 0.129 e. The van der Waals surface area contributed by atoms with E-state index in [9.17, 15) is 0 Å². The minimum Gasteiger partial charge on any atom is -0.396 e.